The number of hydrogen-bond acceptors (Lipinski definition) is 2. The molecule has 0 unspecified atom stereocenters. The zero-order chi connectivity index (χ0) is 11.4. The quantitative estimate of drug-likeness (QED) is 0.731. The van der Waals surface area contributed by atoms with Crippen molar-refractivity contribution in [2.75, 3.05) is 0 Å². The molecule has 1 fully saturated rings. The van der Waals surface area contributed by atoms with Gasteiger partial charge in [0, 0.05) is 0 Å². The number of hydrogen-bond donors (Lipinski definition) is 1. The van der Waals surface area contributed by atoms with E-state index in [1.807, 2.05) is 20.8 Å². The van der Waals surface area contributed by atoms with Crippen LogP contribution in [-0.4, -0.2) is 17.2 Å². The predicted octanol–water partition coefficient (Wildman–Crippen LogP) is 2.96. The lowest BCUT2D eigenvalue weighted by atomic mass is 9.87. The van der Waals surface area contributed by atoms with E-state index in [0.717, 1.165) is 30.6 Å². The first kappa shape index (κ1) is 12.1. The second-order valence-corrected chi connectivity index (χ2v) is 4.50. The lowest BCUT2D eigenvalue weighted by Gasteiger charge is -2.27. The summed E-state index contributed by atoms with van der Waals surface area (Å²) in [6.45, 7) is 5.96. The highest BCUT2D eigenvalue weighted by Gasteiger charge is 2.27. The van der Waals surface area contributed by atoms with Crippen molar-refractivity contribution in [1.82, 2.24) is 0 Å². The number of allylic oxidation sites excluding steroid dienone is 2. The molecule has 0 aliphatic heterocycles. The molecule has 0 amide bonds. The Kier molecular flexibility index (Phi) is 4.18. The first-order valence-corrected chi connectivity index (χ1v) is 5.54. The largest absolute Gasteiger partial charge is 0.495 e. The molecule has 86 valence electrons. The Morgan fingerprint density at radius 1 is 1.27 bits per heavy atom. The number of rotatable bonds is 3. The summed E-state index contributed by atoms with van der Waals surface area (Å²) in [5.41, 5.74) is 1.16. The van der Waals surface area contributed by atoms with Crippen molar-refractivity contribution in [3.8, 4) is 0 Å². The van der Waals surface area contributed by atoms with Crippen molar-refractivity contribution >= 4 is 5.97 Å². The average molecular weight is 212 g/mol. The highest BCUT2D eigenvalue weighted by molar-refractivity contribution is 5.70. The predicted molar refractivity (Wildman–Crippen MR) is 58.5 cm³/mol. The van der Waals surface area contributed by atoms with E-state index < -0.39 is 5.97 Å². The van der Waals surface area contributed by atoms with Gasteiger partial charge in [-0.05, 0) is 52.0 Å². The van der Waals surface area contributed by atoms with Crippen LogP contribution >= 0.6 is 0 Å². The molecule has 1 saturated carbocycles. The minimum atomic E-state index is -0.682. The molecule has 0 aromatic carbocycles. The van der Waals surface area contributed by atoms with Crippen LogP contribution in [0.3, 0.4) is 0 Å². The minimum Gasteiger partial charge on any atom is -0.495 e. The van der Waals surface area contributed by atoms with Gasteiger partial charge in [-0.1, -0.05) is 0 Å². The Morgan fingerprint density at radius 2 is 1.93 bits per heavy atom. The van der Waals surface area contributed by atoms with Crippen molar-refractivity contribution < 1.29 is 14.6 Å². The smallest absolute Gasteiger partial charge is 0.306 e. The van der Waals surface area contributed by atoms with Crippen LogP contribution in [0.5, 0.6) is 0 Å². The molecule has 0 spiro atoms. The fraction of sp³-hybridized carbons (Fsp3) is 0.750. The number of aliphatic carboxylic acids is 1. The summed E-state index contributed by atoms with van der Waals surface area (Å²) in [7, 11) is 0. The fourth-order valence-electron chi connectivity index (χ4n) is 1.84. The van der Waals surface area contributed by atoms with Gasteiger partial charge in [-0.3, -0.25) is 4.79 Å². The molecule has 0 bridgehead atoms. The summed E-state index contributed by atoms with van der Waals surface area (Å²) in [5.74, 6) is 0.0397. The van der Waals surface area contributed by atoms with Crippen molar-refractivity contribution in [1.29, 1.82) is 0 Å². The molecular weight excluding hydrogens is 192 g/mol. The van der Waals surface area contributed by atoms with E-state index in [0.29, 0.717) is 6.42 Å². The van der Waals surface area contributed by atoms with Crippen LogP contribution in [0.15, 0.2) is 11.3 Å². The van der Waals surface area contributed by atoms with E-state index in [2.05, 4.69) is 0 Å². The summed E-state index contributed by atoms with van der Waals surface area (Å²) in [4.78, 5) is 10.9. The maximum absolute atomic E-state index is 10.9. The molecular formula is C12H20O3. The van der Waals surface area contributed by atoms with Gasteiger partial charge in [-0.15, -0.1) is 0 Å². The minimum absolute atomic E-state index is 0.0924. The summed E-state index contributed by atoms with van der Waals surface area (Å²) in [6, 6.07) is 0. The zero-order valence-corrected chi connectivity index (χ0v) is 9.75. The third-order valence-electron chi connectivity index (χ3n) is 3.02. The maximum Gasteiger partial charge on any atom is 0.306 e. The van der Waals surface area contributed by atoms with Gasteiger partial charge in [0.25, 0.3) is 0 Å². The Bertz CT molecular complexity index is 264. The third kappa shape index (κ3) is 3.57. The molecule has 0 aromatic rings. The van der Waals surface area contributed by atoms with Gasteiger partial charge in [0.1, 0.15) is 0 Å². The maximum atomic E-state index is 10.9. The van der Waals surface area contributed by atoms with Crippen LogP contribution in [-0.2, 0) is 9.53 Å². The van der Waals surface area contributed by atoms with Crippen LogP contribution in [0.25, 0.3) is 0 Å². The molecule has 1 aliphatic carbocycles. The molecule has 0 radical (unpaired) electrons. The third-order valence-corrected chi connectivity index (χ3v) is 3.02. The summed E-state index contributed by atoms with van der Waals surface area (Å²) in [6.07, 6.45) is 3.48. The molecule has 1 rings (SSSR count). The van der Waals surface area contributed by atoms with E-state index in [1.165, 1.54) is 0 Å². The van der Waals surface area contributed by atoms with Gasteiger partial charge >= 0.3 is 5.97 Å². The summed E-state index contributed by atoms with van der Waals surface area (Å²) < 4.78 is 5.75. The van der Waals surface area contributed by atoms with Crippen LogP contribution in [0.1, 0.15) is 46.5 Å². The molecule has 15 heavy (non-hydrogen) atoms. The first-order chi connectivity index (χ1) is 7.00. The van der Waals surface area contributed by atoms with Crippen molar-refractivity contribution in [2.24, 2.45) is 5.92 Å². The Labute approximate surface area is 91.1 Å². The molecule has 1 N–H and O–H groups in total. The average Bonchev–Trinajstić information content (AvgIpc) is 2.18. The van der Waals surface area contributed by atoms with Crippen LogP contribution < -0.4 is 0 Å². The number of carboxylic acid groups (broad SMARTS) is 1. The second-order valence-electron chi connectivity index (χ2n) is 4.50. The first-order valence-electron chi connectivity index (χ1n) is 5.54. The topological polar surface area (TPSA) is 46.5 Å². The Morgan fingerprint density at radius 3 is 2.47 bits per heavy atom. The molecule has 0 aromatic heterocycles. The lowest BCUT2D eigenvalue weighted by Crippen LogP contribution is -2.27. The summed E-state index contributed by atoms with van der Waals surface area (Å²) >= 11 is 0. The monoisotopic (exact) mass is 212 g/mol. The standard InChI is InChI=1S/C12H20O3/c1-8(2)9(3)15-11-6-4-5-10(7-11)12(13)14/h10-11H,4-7H2,1-3H3,(H,13,14)/t10-,11-/m0/s1. The summed E-state index contributed by atoms with van der Waals surface area (Å²) in [5, 5.41) is 8.93. The molecule has 3 nitrogen and oxygen atoms in total. The Hall–Kier alpha value is -0.990. The lowest BCUT2D eigenvalue weighted by molar-refractivity contribution is -0.144. The molecule has 2 atom stereocenters. The van der Waals surface area contributed by atoms with Crippen LogP contribution in [0.2, 0.25) is 0 Å². The SMILES string of the molecule is CC(C)=C(C)O[C@H]1CCC[C@H](C(=O)O)C1. The van der Waals surface area contributed by atoms with Gasteiger partial charge < -0.3 is 9.84 Å². The van der Waals surface area contributed by atoms with Crippen molar-refractivity contribution in [3.63, 3.8) is 0 Å². The van der Waals surface area contributed by atoms with Gasteiger partial charge in [-0.25, -0.2) is 0 Å². The van der Waals surface area contributed by atoms with E-state index >= 15 is 0 Å². The van der Waals surface area contributed by atoms with E-state index in [4.69, 9.17) is 9.84 Å². The fourth-order valence-corrected chi connectivity index (χ4v) is 1.84. The van der Waals surface area contributed by atoms with Crippen molar-refractivity contribution in [3.05, 3.63) is 11.3 Å². The second kappa shape index (κ2) is 5.19. The number of carboxylic acids is 1. The zero-order valence-electron chi connectivity index (χ0n) is 9.75. The van der Waals surface area contributed by atoms with Gasteiger partial charge in [0.05, 0.1) is 17.8 Å². The number of carbonyl (C=O) groups is 1. The molecule has 0 heterocycles. The van der Waals surface area contributed by atoms with Gasteiger partial charge in [-0.2, -0.15) is 0 Å². The highest BCUT2D eigenvalue weighted by atomic mass is 16.5. The van der Waals surface area contributed by atoms with E-state index in [1.54, 1.807) is 0 Å². The molecule has 3 heteroatoms. The number of ether oxygens (including phenoxy) is 1. The van der Waals surface area contributed by atoms with Gasteiger partial charge in [0.2, 0.25) is 0 Å². The van der Waals surface area contributed by atoms with Gasteiger partial charge in [0.15, 0.2) is 0 Å². The van der Waals surface area contributed by atoms with Crippen LogP contribution in [0, 0.1) is 5.92 Å². The van der Waals surface area contributed by atoms with Crippen molar-refractivity contribution in [2.45, 2.75) is 52.6 Å². The van der Waals surface area contributed by atoms with E-state index in [9.17, 15) is 4.79 Å². The molecule has 1 aliphatic rings. The normalized spacial score (nSPS) is 25.8. The highest BCUT2D eigenvalue weighted by Crippen LogP contribution is 2.28. The Balaban J connectivity index is 2.50. The van der Waals surface area contributed by atoms with Crippen LogP contribution in [0.4, 0.5) is 0 Å². The van der Waals surface area contributed by atoms with E-state index in [-0.39, 0.29) is 12.0 Å². The molecule has 0 saturated heterocycles.